The van der Waals surface area contributed by atoms with Crippen LogP contribution >= 0.6 is 0 Å². The molecule has 0 saturated heterocycles. The topological polar surface area (TPSA) is 70.8 Å². The highest BCUT2D eigenvalue weighted by molar-refractivity contribution is 5.77. The number of nitrogens with zero attached hydrogens (tertiary/aromatic N) is 4. The van der Waals surface area contributed by atoms with Crippen LogP contribution in [0.2, 0.25) is 0 Å². The van der Waals surface area contributed by atoms with Gasteiger partial charge in [0.25, 0.3) is 5.78 Å². The van der Waals surface area contributed by atoms with Crippen molar-refractivity contribution in [3.05, 3.63) is 30.2 Å². The molecule has 0 fully saturated rings. The van der Waals surface area contributed by atoms with E-state index in [0.29, 0.717) is 23.0 Å². The van der Waals surface area contributed by atoms with Crippen molar-refractivity contribution >= 4 is 5.78 Å². The Morgan fingerprint density at radius 1 is 0.955 bits per heavy atom. The van der Waals surface area contributed by atoms with E-state index in [4.69, 9.17) is 14.2 Å². The first-order chi connectivity index (χ1) is 10.7. The lowest BCUT2D eigenvalue weighted by atomic mass is 10.1. The lowest BCUT2D eigenvalue weighted by Crippen LogP contribution is -2.02. The highest BCUT2D eigenvalue weighted by atomic mass is 16.5. The minimum absolute atomic E-state index is 0.523. The van der Waals surface area contributed by atoms with E-state index < -0.39 is 0 Å². The summed E-state index contributed by atoms with van der Waals surface area (Å²) in [4.78, 5) is 8.49. The molecule has 3 aromatic rings. The second kappa shape index (κ2) is 5.51. The minimum atomic E-state index is 0.523. The van der Waals surface area contributed by atoms with E-state index in [0.717, 1.165) is 17.0 Å². The second-order valence-corrected chi connectivity index (χ2v) is 4.66. The van der Waals surface area contributed by atoms with Crippen molar-refractivity contribution in [3.63, 3.8) is 0 Å². The zero-order valence-electron chi connectivity index (χ0n) is 12.8. The molecule has 0 atom stereocenters. The molecule has 0 unspecified atom stereocenters. The summed E-state index contributed by atoms with van der Waals surface area (Å²) in [6.07, 6.45) is 1.47. The predicted octanol–water partition coefficient (Wildman–Crippen LogP) is 2.13. The van der Waals surface area contributed by atoms with E-state index in [1.165, 1.54) is 6.33 Å². The van der Waals surface area contributed by atoms with Gasteiger partial charge in [-0.3, -0.25) is 0 Å². The van der Waals surface area contributed by atoms with Gasteiger partial charge in [0.1, 0.15) is 23.6 Å². The second-order valence-electron chi connectivity index (χ2n) is 4.66. The zero-order chi connectivity index (χ0) is 15.7. The van der Waals surface area contributed by atoms with Gasteiger partial charge in [-0.05, 0) is 13.0 Å². The number of aromatic nitrogens is 4. The fraction of sp³-hybridized carbons (Fsp3) is 0.267. The van der Waals surface area contributed by atoms with Gasteiger partial charge in [0.15, 0.2) is 0 Å². The smallest absolute Gasteiger partial charge is 0.252 e. The van der Waals surface area contributed by atoms with E-state index >= 15 is 0 Å². The molecule has 0 aliphatic rings. The summed E-state index contributed by atoms with van der Waals surface area (Å²) < 4.78 is 17.9. The molecule has 0 aliphatic heterocycles. The minimum Gasteiger partial charge on any atom is -0.496 e. The van der Waals surface area contributed by atoms with Gasteiger partial charge in [-0.15, -0.1) is 0 Å². The standard InChI is InChI=1S/C15H16N4O3/c1-9-5-11(19-15(18-9)16-8-17-19)14-12(21-3)6-10(20-2)7-13(14)22-4/h5-8H,1-4H3. The molecule has 114 valence electrons. The maximum atomic E-state index is 5.51. The maximum Gasteiger partial charge on any atom is 0.252 e. The Kier molecular flexibility index (Phi) is 3.54. The number of benzene rings is 1. The normalized spacial score (nSPS) is 10.7. The van der Waals surface area contributed by atoms with Gasteiger partial charge in [0.2, 0.25) is 0 Å². The molecule has 7 nitrogen and oxygen atoms in total. The summed E-state index contributed by atoms with van der Waals surface area (Å²) in [6.45, 7) is 1.90. The molecule has 0 radical (unpaired) electrons. The molecule has 3 rings (SSSR count). The summed E-state index contributed by atoms with van der Waals surface area (Å²) in [6, 6.07) is 5.52. The highest BCUT2D eigenvalue weighted by Crippen LogP contribution is 2.41. The number of aryl methyl sites for hydroxylation is 1. The predicted molar refractivity (Wildman–Crippen MR) is 80.6 cm³/mol. The highest BCUT2D eigenvalue weighted by Gasteiger charge is 2.19. The van der Waals surface area contributed by atoms with E-state index in [2.05, 4.69) is 15.1 Å². The van der Waals surface area contributed by atoms with Gasteiger partial charge < -0.3 is 14.2 Å². The van der Waals surface area contributed by atoms with Crippen LogP contribution in [0.3, 0.4) is 0 Å². The lowest BCUT2D eigenvalue weighted by Gasteiger charge is -2.16. The quantitative estimate of drug-likeness (QED) is 0.735. The molecule has 0 spiro atoms. The molecule has 7 heteroatoms. The van der Waals surface area contributed by atoms with Crippen LogP contribution in [0.5, 0.6) is 17.2 Å². The van der Waals surface area contributed by atoms with Crippen molar-refractivity contribution in [3.8, 4) is 28.5 Å². The number of hydrogen-bond donors (Lipinski definition) is 0. The van der Waals surface area contributed by atoms with Crippen molar-refractivity contribution in [2.24, 2.45) is 0 Å². The van der Waals surface area contributed by atoms with Crippen molar-refractivity contribution < 1.29 is 14.2 Å². The van der Waals surface area contributed by atoms with Crippen molar-refractivity contribution in [1.82, 2.24) is 19.6 Å². The van der Waals surface area contributed by atoms with Crippen LogP contribution in [-0.4, -0.2) is 40.9 Å². The monoisotopic (exact) mass is 300 g/mol. The number of methoxy groups -OCH3 is 3. The van der Waals surface area contributed by atoms with Gasteiger partial charge in [0.05, 0.1) is 32.6 Å². The number of hydrogen-bond acceptors (Lipinski definition) is 6. The Hall–Kier alpha value is -2.83. The Balaban J connectivity index is 2.36. The van der Waals surface area contributed by atoms with Gasteiger partial charge in [-0.1, -0.05) is 0 Å². The molecule has 0 N–H and O–H groups in total. The van der Waals surface area contributed by atoms with E-state index in [9.17, 15) is 0 Å². The van der Waals surface area contributed by atoms with Gasteiger partial charge in [-0.2, -0.15) is 14.6 Å². The van der Waals surface area contributed by atoms with Gasteiger partial charge >= 0.3 is 0 Å². The first-order valence-electron chi connectivity index (χ1n) is 6.65. The molecule has 2 heterocycles. The third-order valence-electron chi connectivity index (χ3n) is 3.35. The Bertz CT molecular complexity index is 804. The fourth-order valence-electron chi connectivity index (χ4n) is 2.37. The van der Waals surface area contributed by atoms with Crippen molar-refractivity contribution in [2.45, 2.75) is 6.92 Å². The molecule has 22 heavy (non-hydrogen) atoms. The first kappa shape index (κ1) is 14.1. The summed E-state index contributed by atoms with van der Waals surface area (Å²) in [5, 5.41) is 4.23. The van der Waals surface area contributed by atoms with Crippen molar-refractivity contribution in [1.29, 1.82) is 0 Å². The largest absolute Gasteiger partial charge is 0.496 e. The van der Waals surface area contributed by atoms with Gasteiger partial charge in [-0.25, -0.2) is 4.98 Å². The molecular formula is C15H16N4O3. The summed E-state index contributed by atoms with van der Waals surface area (Å²) in [7, 11) is 4.80. The molecule has 0 bridgehead atoms. The average molecular weight is 300 g/mol. The van der Waals surface area contributed by atoms with E-state index in [-0.39, 0.29) is 0 Å². The van der Waals surface area contributed by atoms with Gasteiger partial charge in [0, 0.05) is 17.8 Å². The lowest BCUT2D eigenvalue weighted by molar-refractivity contribution is 0.377. The molecule has 1 aromatic carbocycles. The molecule has 2 aromatic heterocycles. The van der Waals surface area contributed by atoms with Crippen LogP contribution in [0, 0.1) is 6.92 Å². The van der Waals surface area contributed by atoms with Crippen LogP contribution < -0.4 is 14.2 Å². The zero-order valence-corrected chi connectivity index (χ0v) is 12.8. The fourth-order valence-corrected chi connectivity index (χ4v) is 2.37. The molecule has 0 aliphatic carbocycles. The molecule has 0 saturated carbocycles. The van der Waals surface area contributed by atoms with E-state index in [1.54, 1.807) is 38.0 Å². The Morgan fingerprint density at radius 3 is 2.23 bits per heavy atom. The number of rotatable bonds is 4. The SMILES string of the molecule is COc1cc(OC)c(-c2cc(C)nc3ncnn23)c(OC)c1. The Labute approximate surface area is 127 Å². The summed E-state index contributed by atoms with van der Waals surface area (Å²) in [5.74, 6) is 2.42. The third-order valence-corrected chi connectivity index (χ3v) is 3.35. The molecular weight excluding hydrogens is 284 g/mol. The van der Waals surface area contributed by atoms with Crippen molar-refractivity contribution in [2.75, 3.05) is 21.3 Å². The van der Waals surface area contributed by atoms with Crippen LogP contribution in [0.15, 0.2) is 24.5 Å². The summed E-state index contributed by atoms with van der Waals surface area (Å²) >= 11 is 0. The average Bonchev–Trinajstić information content (AvgIpc) is 3.00. The van der Waals surface area contributed by atoms with Crippen LogP contribution in [0.1, 0.15) is 5.69 Å². The summed E-state index contributed by atoms with van der Waals surface area (Å²) in [5.41, 5.74) is 2.39. The Morgan fingerprint density at radius 2 is 1.64 bits per heavy atom. The third kappa shape index (κ3) is 2.20. The number of fused-ring (bicyclic) bond motifs is 1. The van der Waals surface area contributed by atoms with Crippen LogP contribution in [0.25, 0.3) is 17.0 Å². The maximum absolute atomic E-state index is 5.51. The first-order valence-corrected chi connectivity index (χ1v) is 6.65. The van der Waals surface area contributed by atoms with Crippen LogP contribution in [-0.2, 0) is 0 Å². The molecule has 0 amide bonds. The van der Waals surface area contributed by atoms with Crippen LogP contribution in [0.4, 0.5) is 0 Å². The number of ether oxygens (including phenoxy) is 3. The van der Waals surface area contributed by atoms with E-state index in [1.807, 2.05) is 13.0 Å².